The van der Waals surface area contributed by atoms with Crippen LogP contribution in [0.1, 0.15) is 44.7 Å². The summed E-state index contributed by atoms with van der Waals surface area (Å²) in [7, 11) is 1.60. The predicted octanol–water partition coefficient (Wildman–Crippen LogP) is 3.98. The zero-order valence-electron chi connectivity index (χ0n) is 18.2. The van der Waals surface area contributed by atoms with Crippen LogP contribution in [0.25, 0.3) is 0 Å². The standard InChI is InChI=1S/C24H29N3O4/c1-4-5-13-27-22(29)15-21(23(27)17-9-11-20(31-3)12-10-17)24(30)26-19-8-6-7-18(14-19)25-16(2)28/h6-12,14,21,23H,4-5,13,15H2,1-3H3,(H,25,28)(H,26,30). The predicted molar refractivity (Wildman–Crippen MR) is 120 cm³/mol. The van der Waals surface area contributed by atoms with Crippen LogP contribution in [0.3, 0.4) is 0 Å². The zero-order chi connectivity index (χ0) is 22.4. The van der Waals surface area contributed by atoms with E-state index < -0.39 is 5.92 Å². The highest BCUT2D eigenvalue weighted by Crippen LogP contribution is 2.39. The Morgan fingerprint density at radius 3 is 2.39 bits per heavy atom. The highest BCUT2D eigenvalue weighted by atomic mass is 16.5. The van der Waals surface area contributed by atoms with Gasteiger partial charge in [-0.1, -0.05) is 31.5 Å². The van der Waals surface area contributed by atoms with Gasteiger partial charge in [-0.2, -0.15) is 0 Å². The van der Waals surface area contributed by atoms with Crippen LogP contribution in [0.5, 0.6) is 5.75 Å². The van der Waals surface area contributed by atoms with Crippen LogP contribution in [-0.2, 0) is 14.4 Å². The topological polar surface area (TPSA) is 87.7 Å². The molecule has 3 rings (SSSR count). The summed E-state index contributed by atoms with van der Waals surface area (Å²) in [4.78, 5) is 39.2. The molecule has 7 nitrogen and oxygen atoms in total. The van der Waals surface area contributed by atoms with Crippen LogP contribution >= 0.6 is 0 Å². The Morgan fingerprint density at radius 2 is 1.77 bits per heavy atom. The fraction of sp³-hybridized carbons (Fsp3) is 0.375. The van der Waals surface area contributed by atoms with E-state index in [1.165, 1.54) is 6.92 Å². The number of nitrogens with one attached hydrogen (secondary N) is 2. The minimum Gasteiger partial charge on any atom is -0.497 e. The SMILES string of the molecule is CCCCN1C(=O)CC(C(=O)Nc2cccc(NC(C)=O)c2)C1c1ccc(OC)cc1. The number of hydrogen-bond acceptors (Lipinski definition) is 4. The molecule has 1 aliphatic heterocycles. The fourth-order valence-electron chi connectivity index (χ4n) is 3.94. The molecule has 164 valence electrons. The van der Waals surface area contributed by atoms with Gasteiger partial charge >= 0.3 is 0 Å². The lowest BCUT2D eigenvalue weighted by Gasteiger charge is -2.28. The number of ether oxygens (including phenoxy) is 1. The van der Waals surface area contributed by atoms with Gasteiger partial charge in [-0.05, 0) is 42.3 Å². The average Bonchev–Trinajstić information content (AvgIpc) is 3.08. The molecule has 0 spiro atoms. The molecule has 1 fully saturated rings. The summed E-state index contributed by atoms with van der Waals surface area (Å²) in [6.45, 7) is 4.13. The third-order valence-electron chi connectivity index (χ3n) is 5.43. The van der Waals surface area contributed by atoms with Gasteiger partial charge in [0.1, 0.15) is 5.75 Å². The maximum Gasteiger partial charge on any atom is 0.230 e. The second-order valence-corrected chi connectivity index (χ2v) is 7.72. The molecular weight excluding hydrogens is 394 g/mol. The molecule has 0 bridgehead atoms. The first-order valence-electron chi connectivity index (χ1n) is 10.5. The third-order valence-corrected chi connectivity index (χ3v) is 5.43. The lowest BCUT2D eigenvalue weighted by Crippen LogP contribution is -2.33. The van der Waals surface area contributed by atoms with Gasteiger partial charge in [0.25, 0.3) is 0 Å². The molecular formula is C24H29N3O4. The summed E-state index contributed by atoms with van der Waals surface area (Å²) in [6.07, 6.45) is 2.01. The Bertz CT molecular complexity index is 942. The van der Waals surface area contributed by atoms with Crippen LogP contribution in [0, 0.1) is 5.92 Å². The van der Waals surface area contributed by atoms with E-state index in [2.05, 4.69) is 17.6 Å². The molecule has 2 unspecified atom stereocenters. The van der Waals surface area contributed by atoms with Crippen molar-refractivity contribution in [2.45, 2.75) is 39.2 Å². The van der Waals surface area contributed by atoms with E-state index in [9.17, 15) is 14.4 Å². The molecule has 2 aromatic rings. The summed E-state index contributed by atoms with van der Waals surface area (Å²) in [5, 5.41) is 5.63. The van der Waals surface area contributed by atoms with Crippen molar-refractivity contribution in [1.29, 1.82) is 0 Å². The molecule has 0 saturated carbocycles. The molecule has 1 aliphatic rings. The van der Waals surface area contributed by atoms with Gasteiger partial charge in [-0.3, -0.25) is 14.4 Å². The van der Waals surface area contributed by atoms with Crippen molar-refractivity contribution in [3.05, 3.63) is 54.1 Å². The van der Waals surface area contributed by atoms with E-state index in [1.807, 2.05) is 29.2 Å². The number of likely N-dealkylation sites (tertiary alicyclic amines) is 1. The van der Waals surface area contributed by atoms with Crippen molar-refractivity contribution >= 4 is 29.1 Å². The van der Waals surface area contributed by atoms with Crippen LogP contribution in [-0.4, -0.2) is 36.3 Å². The third kappa shape index (κ3) is 5.42. The molecule has 2 aromatic carbocycles. The largest absolute Gasteiger partial charge is 0.497 e. The average molecular weight is 424 g/mol. The first-order valence-corrected chi connectivity index (χ1v) is 10.5. The lowest BCUT2D eigenvalue weighted by molar-refractivity contribution is -0.129. The van der Waals surface area contributed by atoms with E-state index in [0.717, 1.165) is 24.2 Å². The number of amides is 3. The number of nitrogens with zero attached hydrogens (tertiary/aromatic N) is 1. The number of methoxy groups -OCH3 is 1. The molecule has 0 radical (unpaired) electrons. The summed E-state index contributed by atoms with van der Waals surface area (Å²) in [6, 6.07) is 14.2. The first-order chi connectivity index (χ1) is 14.9. The Hall–Kier alpha value is -3.35. The molecule has 1 heterocycles. The van der Waals surface area contributed by atoms with E-state index in [-0.39, 0.29) is 30.2 Å². The molecule has 2 N–H and O–H groups in total. The number of carbonyl (C=O) groups is 3. The van der Waals surface area contributed by atoms with Crippen LogP contribution in [0.2, 0.25) is 0 Å². The highest BCUT2D eigenvalue weighted by Gasteiger charge is 2.44. The maximum absolute atomic E-state index is 13.2. The van der Waals surface area contributed by atoms with Gasteiger partial charge in [0, 0.05) is 31.3 Å². The fourth-order valence-corrected chi connectivity index (χ4v) is 3.94. The van der Waals surface area contributed by atoms with Crippen molar-refractivity contribution in [1.82, 2.24) is 4.90 Å². The monoisotopic (exact) mass is 423 g/mol. The maximum atomic E-state index is 13.2. The van der Waals surface area contributed by atoms with Crippen molar-refractivity contribution in [2.24, 2.45) is 5.92 Å². The van der Waals surface area contributed by atoms with Crippen LogP contribution < -0.4 is 15.4 Å². The number of carbonyl (C=O) groups excluding carboxylic acids is 3. The molecule has 0 aliphatic carbocycles. The van der Waals surface area contributed by atoms with Crippen LogP contribution in [0.4, 0.5) is 11.4 Å². The van der Waals surface area contributed by atoms with E-state index in [4.69, 9.17) is 4.74 Å². The van der Waals surface area contributed by atoms with Gasteiger partial charge in [0.2, 0.25) is 17.7 Å². The van der Waals surface area contributed by atoms with Crippen molar-refractivity contribution < 1.29 is 19.1 Å². The molecule has 2 atom stereocenters. The quantitative estimate of drug-likeness (QED) is 0.672. The van der Waals surface area contributed by atoms with Crippen molar-refractivity contribution in [3.8, 4) is 5.75 Å². The first kappa shape index (κ1) is 22.3. The van der Waals surface area contributed by atoms with Crippen molar-refractivity contribution in [2.75, 3.05) is 24.3 Å². The normalized spacial score (nSPS) is 18.0. The van der Waals surface area contributed by atoms with Gasteiger partial charge in [-0.25, -0.2) is 0 Å². The minimum atomic E-state index is -0.512. The summed E-state index contributed by atoms with van der Waals surface area (Å²) >= 11 is 0. The van der Waals surface area contributed by atoms with Gasteiger partial charge < -0.3 is 20.3 Å². The summed E-state index contributed by atoms with van der Waals surface area (Å²) < 4.78 is 5.25. The minimum absolute atomic E-state index is 0.0126. The van der Waals surface area contributed by atoms with Gasteiger partial charge in [0.05, 0.1) is 19.1 Å². The smallest absolute Gasteiger partial charge is 0.230 e. The highest BCUT2D eigenvalue weighted by molar-refractivity contribution is 5.98. The Morgan fingerprint density at radius 1 is 1.10 bits per heavy atom. The lowest BCUT2D eigenvalue weighted by atomic mass is 9.92. The van der Waals surface area contributed by atoms with E-state index in [1.54, 1.807) is 31.4 Å². The molecule has 3 amide bonds. The number of rotatable bonds is 8. The summed E-state index contributed by atoms with van der Waals surface area (Å²) in [5.41, 5.74) is 2.09. The number of anilines is 2. The Kier molecular flexibility index (Phi) is 7.28. The Labute approximate surface area is 182 Å². The molecule has 31 heavy (non-hydrogen) atoms. The second kappa shape index (κ2) is 10.1. The van der Waals surface area contributed by atoms with E-state index >= 15 is 0 Å². The molecule has 1 saturated heterocycles. The van der Waals surface area contributed by atoms with Crippen LogP contribution in [0.15, 0.2) is 48.5 Å². The number of unbranched alkanes of at least 4 members (excludes halogenated alkanes) is 1. The van der Waals surface area contributed by atoms with Crippen molar-refractivity contribution in [3.63, 3.8) is 0 Å². The summed E-state index contributed by atoms with van der Waals surface area (Å²) in [5.74, 6) is -0.197. The number of hydrogen-bond donors (Lipinski definition) is 2. The zero-order valence-corrected chi connectivity index (χ0v) is 18.2. The second-order valence-electron chi connectivity index (χ2n) is 7.72. The number of benzene rings is 2. The van der Waals surface area contributed by atoms with Gasteiger partial charge in [0.15, 0.2) is 0 Å². The van der Waals surface area contributed by atoms with E-state index in [0.29, 0.717) is 17.9 Å². The molecule has 0 aromatic heterocycles. The Balaban J connectivity index is 1.85. The molecule has 7 heteroatoms. The van der Waals surface area contributed by atoms with Gasteiger partial charge in [-0.15, -0.1) is 0 Å².